The molecule has 0 saturated carbocycles. The van der Waals surface area contributed by atoms with Gasteiger partial charge in [0.2, 0.25) is 0 Å². The molecule has 0 aromatic heterocycles. The van der Waals surface area contributed by atoms with Crippen LogP contribution in [0.15, 0.2) is 54.6 Å². The molecule has 0 heterocycles. The SMILES string of the molecule is CCOc1ccccc1[C@@H](O)C#CCCc1ccccc1. The zero-order chi connectivity index (χ0) is 14.9. The van der Waals surface area contributed by atoms with E-state index in [-0.39, 0.29) is 0 Å². The van der Waals surface area contributed by atoms with Crippen molar-refractivity contribution in [3.05, 3.63) is 65.7 Å². The van der Waals surface area contributed by atoms with E-state index in [9.17, 15) is 5.11 Å². The van der Waals surface area contributed by atoms with Crippen molar-refractivity contribution < 1.29 is 9.84 Å². The van der Waals surface area contributed by atoms with Gasteiger partial charge in [0, 0.05) is 12.0 Å². The van der Waals surface area contributed by atoms with E-state index in [4.69, 9.17) is 4.74 Å². The minimum atomic E-state index is -0.802. The Balaban J connectivity index is 1.96. The molecule has 0 unspecified atom stereocenters. The normalized spacial score (nSPS) is 11.3. The molecule has 0 spiro atoms. The molecule has 2 aromatic rings. The molecule has 2 heteroatoms. The molecule has 0 bridgehead atoms. The van der Waals surface area contributed by atoms with Crippen LogP contribution >= 0.6 is 0 Å². The standard InChI is InChI=1S/C19H20O2/c1-2-21-19-15-9-7-13-17(19)18(20)14-8-6-12-16-10-4-3-5-11-16/h3-5,7,9-11,13,15,18,20H,2,6,12H2,1H3/t18-/m0/s1. The number of aliphatic hydroxyl groups is 1. The van der Waals surface area contributed by atoms with Crippen LogP contribution in [-0.2, 0) is 6.42 Å². The van der Waals surface area contributed by atoms with E-state index in [1.807, 2.05) is 49.4 Å². The van der Waals surface area contributed by atoms with E-state index in [0.717, 1.165) is 18.4 Å². The molecule has 0 aliphatic heterocycles. The number of rotatable bonds is 5. The Bertz CT molecular complexity index is 608. The lowest BCUT2D eigenvalue weighted by Gasteiger charge is -2.11. The number of aryl methyl sites for hydroxylation is 1. The first-order valence-electron chi connectivity index (χ1n) is 7.23. The van der Waals surface area contributed by atoms with E-state index in [1.165, 1.54) is 5.56 Å². The summed E-state index contributed by atoms with van der Waals surface area (Å²) >= 11 is 0. The molecule has 0 fully saturated rings. The first kappa shape index (κ1) is 15.2. The second kappa shape index (κ2) is 8.14. The van der Waals surface area contributed by atoms with Crippen molar-refractivity contribution >= 4 is 0 Å². The molecule has 0 saturated heterocycles. The van der Waals surface area contributed by atoms with Crippen LogP contribution in [0.1, 0.15) is 30.6 Å². The lowest BCUT2D eigenvalue weighted by Crippen LogP contribution is -2.00. The zero-order valence-electron chi connectivity index (χ0n) is 12.3. The van der Waals surface area contributed by atoms with Crippen LogP contribution in [0, 0.1) is 11.8 Å². The highest BCUT2D eigenvalue weighted by molar-refractivity contribution is 5.38. The molecule has 0 aliphatic carbocycles. The summed E-state index contributed by atoms with van der Waals surface area (Å²) in [6.07, 6.45) is 0.828. The predicted octanol–water partition coefficient (Wildman–Crippen LogP) is 3.75. The number of hydrogen-bond donors (Lipinski definition) is 1. The summed E-state index contributed by atoms with van der Waals surface area (Å²) in [5.41, 5.74) is 1.99. The Morgan fingerprint density at radius 2 is 1.76 bits per heavy atom. The zero-order valence-corrected chi connectivity index (χ0v) is 12.3. The van der Waals surface area contributed by atoms with Crippen LogP contribution in [0.25, 0.3) is 0 Å². The Morgan fingerprint density at radius 3 is 2.52 bits per heavy atom. The second-order valence-corrected chi connectivity index (χ2v) is 4.68. The molecule has 2 aromatic carbocycles. The van der Waals surface area contributed by atoms with Gasteiger partial charge in [0.05, 0.1) is 6.61 Å². The number of para-hydroxylation sites is 1. The predicted molar refractivity (Wildman–Crippen MR) is 85.1 cm³/mol. The first-order chi connectivity index (χ1) is 10.3. The van der Waals surface area contributed by atoms with Gasteiger partial charge in [-0.25, -0.2) is 0 Å². The molecule has 0 aliphatic rings. The van der Waals surface area contributed by atoms with Crippen molar-refractivity contribution in [2.24, 2.45) is 0 Å². The van der Waals surface area contributed by atoms with Gasteiger partial charge in [-0.3, -0.25) is 0 Å². The summed E-state index contributed by atoms with van der Waals surface area (Å²) in [7, 11) is 0. The van der Waals surface area contributed by atoms with Crippen molar-refractivity contribution in [3.63, 3.8) is 0 Å². The molecule has 1 N–H and O–H groups in total. The van der Waals surface area contributed by atoms with Crippen molar-refractivity contribution in [2.45, 2.75) is 25.9 Å². The molecule has 1 atom stereocenters. The average Bonchev–Trinajstić information content (AvgIpc) is 2.53. The minimum absolute atomic E-state index is 0.575. The highest BCUT2D eigenvalue weighted by Crippen LogP contribution is 2.24. The van der Waals surface area contributed by atoms with Crippen molar-refractivity contribution in [1.82, 2.24) is 0 Å². The van der Waals surface area contributed by atoms with Gasteiger partial charge in [-0.1, -0.05) is 60.4 Å². The lowest BCUT2D eigenvalue weighted by molar-refractivity contribution is 0.228. The highest BCUT2D eigenvalue weighted by atomic mass is 16.5. The molecule has 21 heavy (non-hydrogen) atoms. The van der Waals surface area contributed by atoms with Gasteiger partial charge in [-0.2, -0.15) is 0 Å². The number of benzene rings is 2. The van der Waals surface area contributed by atoms with E-state index in [0.29, 0.717) is 12.4 Å². The Morgan fingerprint density at radius 1 is 1.05 bits per heavy atom. The topological polar surface area (TPSA) is 29.5 Å². The Kier molecular flexibility index (Phi) is 5.87. The minimum Gasteiger partial charge on any atom is -0.493 e. The number of aliphatic hydroxyl groups excluding tert-OH is 1. The highest BCUT2D eigenvalue weighted by Gasteiger charge is 2.09. The molecular weight excluding hydrogens is 260 g/mol. The summed E-state index contributed by atoms with van der Waals surface area (Å²) in [5.74, 6) is 6.64. The van der Waals surface area contributed by atoms with E-state index in [1.54, 1.807) is 0 Å². The fourth-order valence-corrected chi connectivity index (χ4v) is 2.09. The molecule has 0 radical (unpaired) electrons. The maximum atomic E-state index is 10.2. The van der Waals surface area contributed by atoms with Gasteiger partial charge >= 0.3 is 0 Å². The van der Waals surface area contributed by atoms with E-state index < -0.39 is 6.10 Å². The van der Waals surface area contributed by atoms with Crippen LogP contribution in [0.5, 0.6) is 5.75 Å². The summed E-state index contributed by atoms with van der Waals surface area (Å²) in [5, 5.41) is 10.2. The van der Waals surface area contributed by atoms with Gasteiger partial charge in [-0.15, -0.1) is 0 Å². The van der Waals surface area contributed by atoms with Gasteiger partial charge in [0.15, 0.2) is 0 Å². The van der Waals surface area contributed by atoms with Crippen LogP contribution < -0.4 is 4.74 Å². The van der Waals surface area contributed by atoms with Crippen LogP contribution in [0.3, 0.4) is 0 Å². The third-order valence-electron chi connectivity index (χ3n) is 3.13. The van der Waals surface area contributed by atoms with Gasteiger partial charge < -0.3 is 9.84 Å². The van der Waals surface area contributed by atoms with E-state index in [2.05, 4.69) is 24.0 Å². The second-order valence-electron chi connectivity index (χ2n) is 4.68. The molecule has 108 valence electrons. The van der Waals surface area contributed by atoms with Crippen LogP contribution in [0.2, 0.25) is 0 Å². The smallest absolute Gasteiger partial charge is 0.143 e. The quantitative estimate of drug-likeness (QED) is 0.845. The van der Waals surface area contributed by atoms with Gasteiger partial charge in [-0.05, 0) is 25.0 Å². The summed E-state index contributed by atoms with van der Waals surface area (Å²) in [6.45, 7) is 2.50. The Labute approximate surface area is 126 Å². The van der Waals surface area contributed by atoms with Crippen molar-refractivity contribution in [2.75, 3.05) is 6.61 Å². The maximum Gasteiger partial charge on any atom is 0.143 e. The third kappa shape index (κ3) is 4.66. The third-order valence-corrected chi connectivity index (χ3v) is 3.13. The monoisotopic (exact) mass is 280 g/mol. The van der Waals surface area contributed by atoms with Crippen molar-refractivity contribution in [1.29, 1.82) is 0 Å². The fourth-order valence-electron chi connectivity index (χ4n) is 2.09. The summed E-state index contributed by atoms with van der Waals surface area (Å²) in [4.78, 5) is 0. The van der Waals surface area contributed by atoms with Gasteiger partial charge in [0.25, 0.3) is 0 Å². The fraction of sp³-hybridized carbons (Fsp3) is 0.263. The largest absolute Gasteiger partial charge is 0.493 e. The van der Waals surface area contributed by atoms with E-state index >= 15 is 0 Å². The number of ether oxygens (including phenoxy) is 1. The molecule has 2 nitrogen and oxygen atoms in total. The summed E-state index contributed by atoms with van der Waals surface area (Å²) in [6, 6.07) is 17.7. The van der Waals surface area contributed by atoms with Crippen LogP contribution in [0.4, 0.5) is 0 Å². The number of hydrogen-bond acceptors (Lipinski definition) is 2. The lowest BCUT2D eigenvalue weighted by atomic mass is 10.1. The van der Waals surface area contributed by atoms with Gasteiger partial charge in [0.1, 0.15) is 11.9 Å². The Hall–Kier alpha value is -2.24. The molecular formula is C19H20O2. The molecule has 0 amide bonds. The maximum absolute atomic E-state index is 10.2. The van der Waals surface area contributed by atoms with Crippen LogP contribution in [-0.4, -0.2) is 11.7 Å². The average molecular weight is 280 g/mol. The van der Waals surface area contributed by atoms with Crippen molar-refractivity contribution in [3.8, 4) is 17.6 Å². The summed E-state index contributed by atoms with van der Waals surface area (Å²) < 4.78 is 5.51. The first-order valence-corrected chi connectivity index (χ1v) is 7.23. The molecule has 2 rings (SSSR count).